The van der Waals surface area contributed by atoms with Gasteiger partial charge in [0.2, 0.25) is 11.7 Å². The molecule has 5 nitrogen and oxygen atoms in total. The number of thiophene rings is 1. The number of carboxylic acids is 1. The van der Waals surface area contributed by atoms with E-state index in [0.29, 0.717) is 16.0 Å². The first-order valence-electron chi connectivity index (χ1n) is 5.90. The van der Waals surface area contributed by atoms with Gasteiger partial charge in [-0.25, -0.2) is 4.79 Å². The van der Waals surface area contributed by atoms with Gasteiger partial charge < -0.3 is 14.4 Å². The Bertz CT molecular complexity index is 652. The lowest BCUT2D eigenvalue weighted by Crippen LogP contribution is -2.27. The largest absolute Gasteiger partial charge is 0.475 e. The number of carbonyl (C=O) groups excluding carboxylic acids is 1. The number of furan rings is 1. The molecule has 0 saturated heterocycles. The summed E-state index contributed by atoms with van der Waals surface area (Å²) in [5.41, 5.74) is 0. The number of amides is 1. The van der Waals surface area contributed by atoms with Crippen LogP contribution in [0.1, 0.15) is 15.4 Å². The highest BCUT2D eigenvalue weighted by Gasteiger charge is 2.14. The minimum Gasteiger partial charge on any atom is -0.475 e. The molecule has 1 amide bonds. The predicted molar refractivity (Wildman–Crippen MR) is 82.2 cm³/mol. The summed E-state index contributed by atoms with van der Waals surface area (Å²) in [7, 11) is 1.71. The van der Waals surface area contributed by atoms with Gasteiger partial charge in [0.05, 0.1) is 16.6 Å². The third-order valence-electron chi connectivity index (χ3n) is 2.58. The Hall–Kier alpha value is -1.44. The fraction of sp³-hybridized carbons (Fsp3) is 0.231. The third kappa shape index (κ3) is 4.52. The predicted octanol–water partition coefficient (Wildman–Crippen LogP) is 3.44. The van der Waals surface area contributed by atoms with Crippen molar-refractivity contribution in [2.45, 2.75) is 11.6 Å². The van der Waals surface area contributed by atoms with E-state index in [0.717, 1.165) is 4.88 Å². The summed E-state index contributed by atoms with van der Waals surface area (Å²) in [5.74, 6) is -1.15. The molecular weight excluding hydrogens is 334 g/mol. The maximum absolute atomic E-state index is 12.0. The van der Waals surface area contributed by atoms with E-state index in [-0.39, 0.29) is 17.4 Å². The number of hydrogen-bond donors (Lipinski definition) is 1. The van der Waals surface area contributed by atoms with Gasteiger partial charge in [0.25, 0.3) is 0 Å². The van der Waals surface area contributed by atoms with Crippen molar-refractivity contribution in [1.29, 1.82) is 0 Å². The van der Waals surface area contributed by atoms with Crippen LogP contribution in [-0.2, 0) is 11.3 Å². The van der Waals surface area contributed by atoms with Crippen molar-refractivity contribution in [3.63, 3.8) is 0 Å². The maximum atomic E-state index is 12.0. The van der Waals surface area contributed by atoms with Crippen LogP contribution in [-0.4, -0.2) is 34.7 Å². The lowest BCUT2D eigenvalue weighted by molar-refractivity contribution is -0.127. The molecule has 21 heavy (non-hydrogen) atoms. The third-order valence-corrected chi connectivity index (χ3v) is 4.69. The number of nitrogens with zero attached hydrogens (tertiary/aromatic N) is 1. The van der Waals surface area contributed by atoms with Gasteiger partial charge in [-0.3, -0.25) is 4.79 Å². The normalized spacial score (nSPS) is 10.6. The fourth-order valence-electron chi connectivity index (χ4n) is 1.51. The summed E-state index contributed by atoms with van der Waals surface area (Å²) in [6, 6.07) is 6.59. The summed E-state index contributed by atoms with van der Waals surface area (Å²) in [6.07, 6.45) is 0. The minimum atomic E-state index is -1.13. The first-order valence-corrected chi connectivity index (χ1v) is 8.08. The molecule has 0 bridgehead atoms. The minimum absolute atomic E-state index is 0.0715. The van der Waals surface area contributed by atoms with Gasteiger partial charge in [-0.2, -0.15) is 0 Å². The lowest BCUT2D eigenvalue weighted by atomic mass is 10.4. The van der Waals surface area contributed by atoms with Gasteiger partial charge in [0.15, 0.2) is 5.09 Å². The Morgan fingerprint density at radius 2 is 2.14 bits per heavy atom. The molecule has 0 spiro atoms. The second-order valence-corrected chi connectivity index (χ2v) is 6.95. The Balaban J connectivity index is 1.84. The zero-order valence-corrected chi connectivity index (χ0v) is 13.4. The molecule has 2 aromatic heterocycles. The highest BCUT2D eigenvalue weighted by atomic mass is 35.5. The zero-order valence-electron chi connectivity index (χ0n) is 11.0. The van der Waals surface area contributed by atoms with E-state index in [9.17, 15) is 9.59 Å². The van der Waals surface area contributed by atoms with E-state index in [4.69, 9.17) is 21.1 Å². The number of halogens is 1. The Kier molecular flexibility index (Phi) is 5.33. The molecule has 0 saturated carbocycles. The molecule has 0 fully saturated rings. The van der Waals surface area contributed by atoms with Crippen LogP contribution in [0.4, 0.5) is 0 Å². The maximum Gasteiger partial charge on any atom is 0.371 e. The van der Waals surface area contributed by atoms with Crippen molar-refractivity contribution >= 4 is 46.6 Å². The summed E-state index contributed by atoms with van der Waals surface area (Å²) >= 11 is 8.45. The first-order chi connectivity index (χ1) is 9.95. The number of hydrogen-bond acceptors (Lipinski definition) is 5. The van der Waals surface area contributed by atoms with E-state index >= 15 is 0 Å². The molecular formula is C13H12ClNO4S2. The van der Waals surface area contributed by atoms with Gasteiger partial charge in [-0.05, 0) is 24.3 Å². The summed E-state index contributed by atoms with van der Waals surface area (Å²) in [6.45, 7) is 0.495. The van der Waals surface area contributed by atoms with Crippen LogP contribution in [0.15, 0.2) is 33.8 Å². The van der Waals surface area contributed by atoms with E-state index in [1.165, 1.54) is 29.2 Å². The molecule has 112 valence electrons. The van der Waals surface area contributed by atoms with Crippen molar-refractivity contribution in [2.75, 3.05) is 12.8 Å². The second-order valence-electron chi connectivity index (χ2n) is 4.17. The average molecular weight is 346 g/mol. The molecule has 0 radical (unpaired) electrons. The van der Waals surface area contributed by atoms with Crippen LogP contribution >= 0.6 is 34.7 Å². The van der Waals surface area contributed by atoms with Gasteiger partial charge in [0, 0.05) is 11.9 Å². The van der Waals surface area contributed by atoms with Crippen LogP contribution in [0.2, 0.25) is 4.34 Å². The molecule has 2 aromatic rings. The molecule has 2 rings (SSSR count). The standard InChI is InChI=1S/C13H12ClNO4S2/c1-15(6-8-2-4-10(14)21-8)11(16)7-20-12-5-3-9(19-12)13(17)18/h2-5H,6-7H2,1H3,(H,17,18). The van der Waals surface area contributed by atoms with Crippen LogP contribution in [0.3, 0.4) is 0 Å². The van der Waals surface area contributed by atoms with E-state index < -0.39 is 5.97 Å². The molecule has 0 aromatic carbocycles. The van der Waals surface area contributed by atoms with E-state index in [2.05, 4.69) is 0 Å². The SMILES string of the molecule is CN(Cc1ccc(Cl)s1)C(=O)CSc1ccc(C(=O)O)o1. The molecule has 0 unspecified atom stereocenters. The summed E-state index contributed by atoms with van der Waals surface area (Å²) in [5, 5.41) is 9.15. The van der Waals surface area contributed by atoms with E-state index in [1.54, 1.807) is 24.1 Å². The van der Waals surface area contributed by atoms with Gasteiger partial charge in [-0.15, -0.1) is 11.3 Å². The quantitative estimate of drug-likeness (QED) is 0.812. The molecule has 0 aliphatic rings. The monoisotopic (exact) mass is 345 g/mol. The number of carbonyl (C=O) groups is 2. The molecule has 2 heterocycles. The number of carboxylic acid groups (broad SMARTS) is 1. The molecule has 0 aliphatic heterocycles. The Labute approximate surface area is 134 Å². The highest BCUT2D eigenvalue weighted by molar-refractivity contribution is 7.99. The molecule has 0 atom stereocenters. The van der Waals surface area contributed by atoms with Crippen molar-refractivity contribution in [2.24, 2.45) is 0 Å². The first kappa shape index (κ1) is 15.9. The smallest absolute Gasteiger partial charge is 0.371 e. The molecule has 8 heteroatoms. The number of thioether (sulfide) groups is 1. The molecule has 0 aliphatic carbocycles. The van der Waals surface area contributed by atoms with Crippen LogP contribution < -0.4 is 0 Å². The topological polar surface area (TPSA) is 70.8 Å². The zero-order chi connectivity index (χ0) is 15.4. The van der Waals surface area contributed by atoms with Crippen molar-refractivity contribution in [3.8, 4) is 0 Å². The van der Waals surface area contributed by atoms with Crippen molar-refractivity contribution in [1.82, 2.24) is 4.90 Å². The number of aromatic carboxylic acids is 1. The second kappa shape index (κ2) is 7.02. The van der Waals surface area contributed by atoms with Crippen LogP contribution in [0.25, 0.3) is 0 Å². The van der Waals surface area contributed by atoms with Crippen LogP contribution in [0, 0.1) is 0 Å². The highest BCUT2D eigenvalue weighted by Crippen LogP contribution is 2.24. The van der Waals surface area contributed by atoms with Crippen molar-refractivity contribution < 1.29 is 19.1 Å². The van der Waals surface area contributed by atoms with Gasteiger partial charge in [0.1, 0.15) is 0 Å². The Morgan fingerprint density at radius 1 is 1.38 bits per heavy atom. The number of rotatable bonds is 6. The Morgan fingerprint density at radius 3 is 2.71 bits per heavy atom. The fourth-order valence-corrected chi connectivity index (χ4v) is 3.45. The summed E-state index contributed by atoms with van der Waals surface area (Å²) < 4.78 is 5.77. The van der Waals surface area contributed by atoms with Gasteiger partial charge >= 0.3 is 5.97 Å². The average Bonchev–Trinajstić information content (AvgIpc) is 3.05. The summed E-state index contributed by atoms with van der Waals surface area (Å²) in [4.78, 5) is 25.3. The van der Waals surface area contributed by atoms with Gasteiger partial charge in [-0.1, -0.05) is 23.4 Å². The lowest BCUT2D eigenvalue weighted by Gasteiger charge is -2.15. The van der Waals surface area contributed by atoms with E-state index in [1.807, 2.05) is 6.07 Å². The van der Waals surface area contributed by atoms with Crippen LogP contribution in [0.5, 0.6) is 0 Å². The van der Waals surface area contributed by atoms with Crippen molar-refractivity contribution in [3.05, 3.63) is 39.2 Å². The molecule has 1 N–H and O–H groups in total.